The number of H-pyrrole nitrogens is 2. The first-order valence-electron chi connectivity index (χ1n) is 3.67. The first-order chi connectivity index (χ1) is 6.88. The Bertz CT molecular complexity index is 622. The van der Waals surface area contributed by atoms with E-state index in [0.717, 1.165) is 0 Å². The highest BCUT2D eigenvalue weighted by Gasteiger charge is 2.33. The number of aromatic nitrogens is 4. The van der Waals surface area contributed by atoms with Crippen LogP contribution in [0.4, 0.5) is 13.2 Å². The molecule has 0 fully saturated rings. The van der Waals surface area contributed by atoms with E-state index in [0.29, 0.717) is 10.6 Å². The summed E-state index contributed by atoms with van der Waals surface area (Å²) < 4.78 is 37.2. The number of halogens is 3. The second-order valence-corrected chi connectivity index (χ2v) is 3.09. The SMILES string of the molecule is O=c1[nH]c(=S)nc2cc(C(F)(F)F)[nH]n12. The molecule has 0 radical (unpaired) electrons. The van der Waals surface area contributed by atoms with Crippen LogP contribution in [-0.2, 0) is 6.18 Å². The van der Waals surface area contributed by atoms with E-state index in [9.17, 15) is 18.0 Å². The van der Waals surface area contributed by atoms with Gasteiger partial charge in [-0.15, -0.1) is 0 Å². The molecule has 0 atom stereocenters. The molecule has 0 aliphatic heterocycles. The molecular formula is C6H3F3N4OS. The van der Waals surface area contributed by atoms with Gasteiger partial charge in [-0.2, -0.15) is 17.7 Å². The zero-order valence-electron chi connectivity index (χ0n) is 6.92. The molecule has 0 saturated heterocycles. The number of rotatable bonds is 0. The van der Waals surface area contributed by atoms with Gasteiger partial charge in [0.2, 0.25) is 4.77 Å². The third-order valence-corrected chi connectivity index (χ3v) is 1.87. The van der Waals surface area contributed by atoms with Gasteiger partial charge in [0, 0.05) is 6.07 Å². The maximum atomic E-state index is 12.2. The van der Waals surface area contributed by atoms with Crippen molar-refractivity contribution < 1.29 is 13.2 Å². The van der Waals surface area contributed by atoms with Crippen molar-refractivity contribution in [1.29, 1.82) is 0 Å². The van der Waals surface area contributed by atoms with Gasteiger partial charge in [0.15, 0.2) is 5.65 Å². The summed E-state index contributed by atoms with van der Waals surface area (Å²) in [4.78, 5) is 16.8. The molecule has 0 spiro atoms. The Labute approximate surface area is 84.6 Å². The summed E-state index contributed by atoms with van der Waals surface area (Å²) in [5, 5.41) is 1.87. The molecule has 0 bridgehead atoms. The van der Waals surface area contributed by atoms with E-state index >= 15 is 0 Å². The van der Waals surface area contributed by atoms with Crippen molar-refractivity contribution in [1.82, 2.24) is 19.6 Å². The summed E-state index contributed by atoms with van der Waals surface area (Å²) in [6, 6.07) is 0.713. The van der Waals surface area contributed by atoms with Crippen LogP contribution in [0.1, 0.15) is 5.69 Å². The number of hydrogen-bond donors (Lipinski definition) is 2. The Morgan fingerprint density at radius 2 is 2.13 bits per heavy atom. The minimum Gasteiger partial charge on any atom is -0.284 e. The molecule has 0 unspecified atom stereocenters. The number of fused-ring (bicyclic) bond motifs is 1. The number of hydrogen-bond acceptors (Lipinski definition) is 3. The topological polar surface area (TPSA) is 66.0 Å². The molecule has 0 amide bonds. The van der Waals surface area contributed by atoms with Gasteiger partial charge in [0.1, 0.15) is 5.69 Å². The van der Waals surface area contributed by atoms with Crippen LogP contribution in [0.2, 0.25) is 0 Å². The standard InChI is InChI=1S/C6H3F3N4OS/c7-6(8,9)2-1-3-10-4(15)11-5(14)13(3)12-2/h1,12H,(H,11,14,15). The molecule has 15 heavy (non-hydrogen) atoms. The summed E-state index contributed by atoms with van der Waals surface area (Å²) in [7, 11) is 0. The predicted molar refractivity (Wildman–Crippen MR) is 46.0 cm³/mol. The Balaban J connectivity index is 2.83. The van der Waals surface area contributed by atoms with Crippen molar-refractivity contribution in [2.45, 2.75) is 6.18 Å². The largest absolute Gasteiger partial charge is 0.432 e. The van der Waals surface area contributed by atoms with Crippen molar-refractivity contribution >= 4 is 17.9 Å². The summed E-state index contributed by atoms with van der Waals surface area (Å²) in [6.07, 6.45) is -4.55. The molecule has 2 aromatic rings. The van der Waals surface area contributed by atoms with Crippen LogP contribution in [0, 0.1) is 4.77 Å². The van der Waals surface area contributed by atoms with Crippen LogP contribution in [0.3, 0.4) is 0 Å². The normalized spacial score (nSPS) is 12.2. The molecule has 0 aromatic carbocycles. The van der Waals surface area contributed by atoms with Crippen molar-refractivity contribution in [3.05, 3.63) is 27.0 Å². The molecule has 0 saturated carbocycles. The Morgan fingerprint density at radius 3 is 2.73 bits per heavy atom. The number of nitrogens with zero attached hydrogens (tertiary/aromatic N) is 2. The van der Waals surface area contributed by atoms with Crippen molar-refractivity contribution in [2.75, 3.05) is 0 Å². The van der Waals surface area contributed by atoms with Gasteiger partial charge in [-0.1, -0.05) is 0 Å². The average molecular weight is 236 g/mol. The van der Waals surface area contributed by atoms with Gasteiger partial charge in [-0.3, -0.25) is 10.1 Å². The minimum atomic E-state index is -4.55. The lowest BCUT2D eigenvalue weighted by atomic mass is 10.4. The lowest BCUT2D eigenvalue weighted by Gasteiger charge is -2.00. The van der Waals surface area contributed by atoms with E-state index in [1.165, 1.54) is 0 Å². The minimum absolute atomic E-state index is 0.160. The zero-order valence-corrected chi connectivity index (χ0v) is 7.74. The second-order valence-electron chi connectivity index (χ2n) is 2.71. The van der Waals surface area contributed by atoms with E-state index in [4.69, 9.17) is 0 Å². The lowest BCUT2D eigenvalue weighted by molar-refractivity contribution is -0.141. The van der Waals surface area contributed by atoms with Crippen molar-refractivity contribution in [3.8, 4) is 0 Å². The zero-order chi connectivity index (χ0) is 11.2. The van der Waals surface area contributed by atoms with Gasteiger partial charge >= 0.3 is 11.9 Å². The highest BCUT2D eigenvalue weighted by atomic mass is 32.1. The molecule has 9 heteroatoms. The van der Waals surface area contributed by atoms with E-state index in [1.54, 1.807) is 0 Å². The van der Waals surface area contributed by atoms with Gasteiger partial charge in [0.05, 0.1) is 0 Å². The molecule has 2 rings (SSSR count). The lowest BCUT2D eigenvalue weighted by Crippen LogP contribution is -2.19. The molecule has 2 aromatic heterocycles. The third kappa shape index (κ3) is 1.65. The molecule has 0 aliphatic rings. The second kappa shape index (κ2) is 2.92. The van der Waals surface area contributed by atoms with Crippen LogP contribution in [0.15, 0.2) is 10.9 Å². The van der Waals surface area contributed by atoms with Crippen LogP contribution in [0.5, 0.6) is 0 Å². The van der Waals surface area contributed by atoms with Crippen LogP contribution >= 0.6 is 12.2 Å². The maximum Gasteiger partial charge on any atom is 0.432 e. The molecule has 0 aliphatic carbocycles. The third-order valence-electron chi connectivity index (χ3n) is 1.67. The van der Waals surface area contributed by atoms with E-state index in [2.05, 4.69) is 22.2 Å². The van der Waals surface area contributed by atoms with Gasteiger partial charge in [0.25, 0.3) is 0 Å². The number of aromatic amines is 2. The maximum absolute atomic E-state index is 12.2. The summed E-state index contributed by atoms with van der Waals surface area (Å²) in [6.45, 7) is 0. The molecule has 2 heterocycles. The van der Waals surface area contributed by atoms with Gasteiger partial charge in [-0.25, -0.2) is 9.78 Å². The highest BCUT2D eigenvalue weighted by molar-refractivity contribution is 7.71. The number of nitrogens with one attached hydrogen (secondary N) is 2. The summed E-state index contributed by atoms with van der Waals surface area (Å²) in [5.41, 5.74) is -2.02. The molecule has 2 N–H and O–H groups in total. The van der Waals surface area contributed by atoms with E-state index < -0.39 is 17.6 Å². The molecular weight excluding hydrogens is 233 g/mol. The van der Waals surface area contributed by atoms with E-state index in [-0.39, 0.29) is 10.4 Å². The Kier molecular flexibility index (Phi) is 1.93. The molecule has 80 valence electrons. The highest BCUT2D eigenvalue weighted by Crippen LogP contribution is 2.27. The predicted octanol–water partition coefficient (Wildman–Crippen LogP) is 1.10. The van der Waals surface area contributed by atoms with Gasteiger partial charge < -0.3 is 0 Å². The average Bonchev–Trinajstić information content (AvgIpc) is 2.46. The van der Waals surface area contributed by atoms with Crippen LogP contribution < -0.4 is 5.69 Å². The van der Waals surface area contributed by atoms with Crippen molar-refractivity contribution in [2.24, 2.45) is 0 Å². The quantitative estimate of drug-likeness (QED) is 0.673. The first-order valence-corrected chi connectivity index (χ1v) is 4.08. The van der Waals surface area contributed by atoms with Crippen LogP contribution in [0.25, 0.3) is 5.65 Å². The summed E-state index contributed by atoms with van der Waals surface area (Å²) in [5.74, 6) is 0. The molecule has 5 nitrogen and oxygen atoms in total. The monoisotopic (exact) mass is 236 g/mol. The first kappa shape index (κ1) is 9.90. The fourth-order valence-electron chi connectivity index (χ4n) is 1.07. The van der Waals surface area contributed by atoms with E-state index in [1.807, 2.05) is 5.10 Å². The Hall–Kier alpha value is -1.64. The van der Waals surface area contributed by atoms with Gasteiger partial charge in [-0.05, 0) is 12.2 Å². The fourth-order valence-corrected chi connectivity index (χ4v) is 1.25. The smallest absolute Gasteiger partial charge is 0.284 e. The Morgan fingerprint density at radius 1 is 1.47 bits per heavy atom. The van der Waals surface area contributed by atoms with Crippen molar-refractivity contribution in [3.63, 3.8) is 0 Å². The summed E-state index contributed by atoms with van der Waals surface area (Å²) >= 11 is 4.55. The fraction of sp³-hybridized carbons (Fsp3) is 0.167. The number of alkyl halides is 3. The van der Waals surface area contributed by atoms with Crippen LogP contribution in [-0.4, -0.2) is 19.6 Å².